The van der Waals surface area contributed by atoms with Gasteiger partial charge in [0.15, 0.2) is 0 Å². The molecule has 2 nitrogen and oxygen atoms in total. The molecular formula is C8H10ClNO. The number of hydrogen-bond acceptors (Lipinski definition) is 2. The fourth-order valence-corrected chi connectivity index (χ4v) is 0.737. The van der Waals surface area contributed by atoms with Crippen molar-refractivity contribution in [1.82, 2.24) is 0 Å². The summed E-state index contributed by atoms with van der Waals surface area (Å²) in [6, 6.07) is 9.53. The minimum Gasteiger partial charge on any atom is -0.411 e. The highest BCUT2D eigenvalue weighted by atomic mass is 35.5. The molecule has 0 spiro atoms. The van der Waals surface area contributed by atoms with E-state index in [1.54, 1.807) is 6.92 Å². The van der Waals surface area contributed by atoms with Gasteiger partial charge in [-0.3, -0.25) is 0 Å². The topological polar surface area (TPSA) is 32.6 Å². The first kappa shape index (κ1) is 9.98. The molecule has 1 aromatic rings. The lowest BCUT2D eigenvalue weighted by atomic mass is 10.1. The van der Waals surface area contributed by atoms with Crippen LogP contribution in [0, 0.1) is 0 Å². The minimum atomic E-state index is 0. The van der Waals surface area contributed by atoms with Crippen molar-refractivity contribution in [2.75, 3.05) is 0 Å². The van der Waals surface area contributed by atoms with Gasteiger partial charge < -0.3 is 5.21 Å². The Bertz CT molecular complexity index is 233. The molecule has 0 aliphatic carbocycles. The van der Waals surface area contributed by atoms with E-state index in [4.69, 9.17) is 5.21 Å². The molecule has 0 aromatic heterocycles. The van der Waals surface area contributed by atoms with E-state index in [9.17, 15) is 0 Å². The minimum absolute atomic E-state index is 0. The third kappa shape index (κ3) is 2.60. The van der Waals surface area contributed by atoms with Gasteiger partial charge in [0.25, 0.3) is 0 Å². The van der Waals surface area contributed by atoms with E-state index >= 15 is 0 Å². The van der Waals surface area contributed by atoms with Gasteiger partial charge in [0.2, 0.25) is 0 Å². The van der Waals surface area contributed by atoms with Crippen LogP contribution in [0.1, 0.15) is 12.5 Å². The molecule has 1 N–H and O–H groups in total. The fourth-order valence-electron chi connectivity index (χ4n) is 0.737. The first-order valence-electron chi connectivity index (χ1n) is 3.08. The summed E-state index contributed by atoms with van der Waals surface area (Å²) in [5.41, 5.74) is 1.59. The Kier molecular flexibility index (Phi) is 4.30. The highest BCUT2D eigenvalue weighted by Crippen LogP contribution is 1.99. The summed E-state index contributed by atoms with van der Waals surface area (Å²) in [4.78, 5) is 0. The molecule has 0 fully saturated rings. The second-order valence-corrected chi connectivity index (χ2v) is 2.05. The van der Waals surface area contributed by atoms with Crippen molar-refractivity contribution in [2.45, 2.75) is 6.92 Å². The zero-order chi connectivity index (χ0) is 7.40. The van der Waals surface area contributed by atoms with Gasteiger partial charge in [0.05, 0.1) is 5.71 Å². The molecule has 0 aliphatic rings. The molecule has 3 heteroatoms. The molecule has 0 unspecified atom stereocenters. The van der Waals surface area contributed by atoms with Gasteiger partial charge in [-0.25, -0.2) is 0 Å². The molecule has 0 saturated heterocycles. The summed E-state index contributed by atoms with van der Waals surface area (Å²) in [5, 5.41) is 11.5. The van der Waals surface area contributed by atoms with E-state index in [1.807, 2.05) is 30.3 Å². The van der Waals surface area contributed by atoms with Crippen LogP contribution in [0.3, 0.4) is 0 Å². The standard InChI is InChI=1S/C8H9NO.ClH/c1-7(9-10)8-5-3-2-4-6-8;/h2-6,10H,1H3;1H. The Morgan fingerprint density at radius 1 is 1.27 bits per heavy atom. The quantitative estimate of drug-likeness (QED) is 0.393. The maximum absolute atomic E-state index is 8.38. The van der Waals surface area contributed by atoms with E-state index in [0.29, 0.717) is 5.71 Å². The predicted molar refractivity (Wildman–Crippen MR) is 47.7 cm³/mol. The summed E-state index contributed by atoms with van der Waals surface area (Å²) >= 11 is 0. The third-order valence-electron chi connectivity index (χ3n) is 1.34. The molecule has 0 bridgehead atoms. The molecule has 0 heterocycles. The van der Waals surface area contributed by atoms with Crippen LogP contribution < -0.4 is 0 Å². The van der Waals surface area contributed by atoms with Crippen molar-refractivity contribution in [3.05, 3.63) is 35.9 Å². The number of halogens is 1. The molecule has 1 aromatic carbocycles. The highest BCUT2D eigenvalue weighted by molar-refractivity contribution is 5.98. The van der Waals surface area contributed by atoms with Crippen LogP contribution in [0.2, 0.25) is 0 Å². The van der Waals surface area contributed by atoms with Crippen LogP contribution in [0.5, 0.6) is 0 Å². The van der Waals surface area contributed by atoms with Gasteiger partial charge in [0.1, 0.15) is 0 Å². The monoisotopic (exact) mass is 171 g/mol. The Hall–Kier alpha value is -1.02. The molecule has 0 amide bonds. The van der Waals surface area contributed by atoms with Crippen molar-refractivity contribution < 1.29 is 5.21 Å². The number of hydrogen-bond donors (Lipinski definition) is 1. The van der Waals surface area contributed by atoms with Gasteiger partial charge >= 0.3 is 0 Å². The van der Waals surface area contributed by atoms with Crippen LogP contribution in [-0.4, -0.2) is 10.9 Å². The van der Waals surface area contributed by atoms with Crippen molar-refractivity contribution in [1.29, 1.82) is 0 Å². The average Bonchev–Trinajstić information content (AvgIpc) is 2.05. The van der Waals surface area contributed by atoms with Crippen LogP contribution >= 0.6 is 12.4 Å². The van der Waals surface area contributed by atoms with Crippen molar-refractivity contribution in [2.24, 2.45) is 5.16 Å². The highest BCUT2D eigenvalue weighted by Gasteiger charge is 1.92. The van der Waals surface area contributed by atoms with E-state index in [-0.39, 0.29) is 12.4 Å². The molecule has 0 aliphatic heterocycles. The summed E-state index contributed by atoms with van der Waals surface area (Å²) in [7, 11) is 0. The fraction of sp³-hybridized carbons (Fsp3) is 0.125. The summed E-state index contributed by atoms with van der Waals surface area (Å²) in [6.07, 6.45) is 0. The maximum Gasteiger partial charge on any atom is 0.0836 e. The van der Waals surface area contributed by atoms with Gasteiger partial charge in [0, 0.05) is 0 Å². The van der Waals surface area contributed by atoms with E-state index in [0.717, 1.165) is 5.56 Å². The number of rotatable bonds is 1. The van der Waals surface area contributed by atoms with Crippen LogP contribution in [0.25, 0.3) is 0 Å². The van der Waals surface area contributed by atoms with Gasteiger partial charge in [-0.05, 0) is 12.5 Å². The molecule has 0 atom stereocenters. The molecule has 0 radical (unpaired) electrons. The molecule has 1 rings (SSSR count). The van der Waals surface area contributed by atoms with E-state index in [2.05, 4.69) is 5.16 Å². The zero-order valence-electron chi connectivity index (χ0n) is 6.19. The van der Waals surface area contributed by atoms with Crippen molar-refractivity contribution >= 4 is 18.1 Å². The van der Waals surface area contributed by atoms with Crippen molar-refractivity contribution in [3.8, 4) is 0 Å². The first-order valence-corrected chi connectivity index (χ1v) is 3.08. The smallest absolute Gasteiger partial charge is 0.0836 e. The third-order valence-corrected chi connectivity index (χ3v) is 1.34. The van der Waals surface area contributed by atoms with Crippen LogP contribution in [0.4, 0.5) is 0 Å². The number of oxime groups is 1. The Morgan fingerprint density at radius 3 is 2.27 bits per heavy atom. The molecule has 0 saturated carbocycles. The average molecular weight is 172 g/mol. The molecule has 60 valence electrons. The summed E-state index contributed by atoms with van der Waals surface area (Å²) < 4.78 is 0. The Morgan fingerprint density at radius 2 is 1.82 bits per heavy atom. The molecule has 11 heavy (non-hydrogen) atoms. The molecular weight excluding hydrogens is 162 g/mol. The van der Waals surface area contributed by atoms with Crippen LogP contribution in [-0.2, 0) is 0 Å². The van der Waals surface area contributed by atoms with Crippen LogP contribution in [0.15, 0.2) is 35.5 Å². The maximum atomic E-state index is 8.38. The SMILES string of the molecule is CC(=NO)c1ccccc1.Cl. The lowest BCUT2D eigenvalue weighted by Crippen LogP contribution is -1.92. The van der Waals surface area contributed by atoms with E-state index in [1.165, 1.54) is 0 Å². The zero-order valence-corrected chi connectivity index (χ0v) is 7.01. The Balaban J connectivity index is 0.000001000. The number of benzene rings is 1. The lowest BCUT2D eigenvalue weighted by Gasteiger charge is -1.94. The predicted octanol–water partition coefficient (Wildman–Crippen LogP) is 2.31. The normalized spacial score (nSPS) is 10.5. The second kappa shape index (κ2) is 4.74. The Labute approximate surface area is 72.0 Å². The summed E-state index contributed by atoms with van der Waals surface area (Å²) in [6.45, 7) is 1.76. The van der Waals surface area contributed by atoms with Gasteiger partial charge in [-0.15, -0.1) is 12.4 Å². The first-order chi connectivity index (χ1) is 4.84. The second-order valence-electron chi connectivity index (χ2n) is 2.05. The van der Waals surface area contributed by atoms with Crippen molar-refractivity contribution in [3.63, 3.8) is 0 Å². The van der Waals surface area contributed by atoms with E-state index < -0.39 is 0 Å². The van der Waals surface area contributed by atoms with Gasteiger partial charge in [-0.2, -0.15) is 0 Å². The summed E-state index contributed by atoms with van der Waals surface area (Å²) in [5.74, 6) is 0. The number of nitrogens with zero attached hydrogens (tertiary/aromatic N) is 1. The van der Waals surface area contributed by atoms with Gasteiger partial charge in [-0.1, -0.05) is 35.5 Å². The lowest BCUT2D eigenvalue weighted by molar-refractivity contribution is 0.319. The largest absolute Gasteiger partial charge is 0.411 e.